The summed E-state index contributed by atoms with van der Waals surface area (Å²) in [5, 5.41) is 4.16. The molecule has 4 nitrogen and oxygen atoms in total. The van der Waals surface area contributed by atoms with Gasteiger partial charge in [-0.1, -0.05) is 34.5 Å². The molecule has 3 rings (SSSR count). The van der Waals surface area contributed by atoms with Gasteiger partial charge in [-0.15, -0.1) is 0 Å². The number of anilines is 2. The van der Waals surface area contributed by atoms with Crippen LogP contribution in [0.1, 0.15) is 10.4 Å². The first kappa shape index (κ1) is 14.1. The molecule has 0 aliphatic heterocycles. The van der Waals surface area contributed by atoms with Crippen molar-refractivity contribution in [3.8, 4) is 0 Å². The summed E-state index contributed by atoms with van der Waals surface area (Å²) in [6.45, 7) is 0. The van der Waals surface area contributed by atoms with Crippen LogP contribution in [0, 0.1) is 0 Å². The molecular formula is C14H9Cl2N3OS. The maximum absolute atomic E-state index is 12.2. The zero-order valence-corrected chi connectivity index (χ0v) is 12.9. The molecule has 0 spiro atoms. The zero-order chi connectivity index (χ0) is 15.0. The quantitative estimate of drug-likeness (QED) is 0.726. The van der Waals surface area contributed by atoms with Crippen LogP contribution in [0.2, 0.25) is 10.0 Å². The first-order chi connectivity index (χ1) is 10.0. The number of nitrogens with zero attached hydrogens (tertiary/aromatic N) is 1. The highest BCUT2D eigenvalue weighted by molar-refractivity contribution is 7.22. The van der Waals surface area contributed by atoms with E-state index in [9.17, 15) is 4.79 Å². The molecule has 1 heterocycles. The van der Waals surface area contributed by atoms with Crippen LogP contribution in [-0.4, -0.2) is 10.9 Å². The number of carbonyl (C=O) groups excluding carboxylic acids is 1. The first-order valence-electron chi connectivity index (χ1n) is 5.95. The molecule has 0 bridgehead atoms. The number of hydrogen-bond donors (Lipinski definition) is 2. The van der Waals surface area contributed by atoms with Gasteiger partial charge in [0.15, 0.2) is 5.13 Å². The average molecular weight is 338 g/mol. The van der Waals surface area contributed by atoms with Crippen molar-refractivity contribution in [2.24, 2.45) is 0 Å². The van der Waals surface area contributed by atoms with E-state index in [0.717, 1.165) is 10.2 Å². The minimum absolute atomic E-state index is 0.248. The molecule has 1 aromatic heterocycles. The largest absolute Gasteiger partial charge is 0.375 e. The number of nitrogens with two attached hydrogens (primary N) is 1. The minimum atomic E-state index is -0.248. The number of hydrogen-bond acceptors (Lipinski definition) is 4. The monoisotopic (exact) mass is 337 g/mol. The molecule has 0 saturated heterocycles. The first-order valence-corrected chi connectivity index (χ1v) is 7.52. The van der Waals surface area contributed by atoms with E-state index in [2.05, 4.69) is 10.3 Å². The predicted octanol–water partition coefficient (Wildman–Crippen LogP) is 4.44. The van der Waals surface area contributed by atoms with Gasteiger partial charge in [-0.25, -0.2) is 4.98 Å². The zero-order valence-electron chi connectivity index (χ0n) is 10.6. The van der Waals surface area contributed by atoms with Gasteiger partial charge in [0, 0.05) is 21.3 Å². The fourth-order valence-corrected chi connectivity index (χ4v) is 3.21. The number of fused-ring (bicyclic) bond motifs is 1. The summed E-state index contributed by atoms with van der Waals surface area (Å²) in [6.07, 6.45) is 0. The lowest BCUT2D eigenvalue weighted by atomic mass is 10.2. The van der Waals surface area contributed by atoms with Crippen LogP contribution in [0.25, 0.3) is 10.2 Å². The van der Waals surface area contributed by atoms with Gasteiger partial charge in [-0.3, -0.25) is 4.79 Å². The predicted molar refractivity (Wildman–Crippen MR) is 88.4 cm³/mol. The molecule has 3 N–H and O–H groups in total. The summed E-state index contributed by atoms with van der Waals surface area (Å²) in [5.74, 6) is -0.248. The number of benzene rings is 2. The molecule has 3 aromatic rings. The second-order valence-corrected chi connectivity index (χ2v) is 6.28. The molecule has 2 aromatic carbocycles. The molecule has 106 valence electrons. The van der Waals surface area contributed by atoms with E-state index < -0.39 is 0 Å². The number of rotatable bonds is 2. The average Bonchev–Trinajstić information content (AvgIpc) is 2.76. The fourth-order valence-electron chi connectivity index (χ4n) is 1.91. The van der Waals surface area contributed by atoms with Crippen LogP contribution < -0.4 is 11.1 Å². The normalized spacial score (nSPS) is 10.8. The number of amides is 1. The van der Waals surface area contributed by atoms with Crippen molar-refractivity contribution in [2.75, 3.05) is 11.1 Å². The van der Waals surface area contributed by atoms with Gasteiger partial charge in [0.2, 0.25) is 0 Å². The maximum Gasteiger partial charge on any atom is 0.255 e. The highest BCUT2D eigenvalue weighted by Crippen LogP contribution is 2.26. The smallest absolute Gasteiger partial charge is 0.255 e. The minimum Gasteiger partial charge on any atom is -0.375 e. The number of carbonyl (C=O) groups is 1. The number of halogens is 2. The highest BCUT2D eigenvalue weighted by atomic mass is 35.5. The Labute approximate surface area is 134 Å². The van der Waals surface area contributed by atoms with Gasteiger partial charge in [0.05, 0.1) is 10.2 Å². The summed E-state index contributed by atoms with van der Waals surface area (Å²) < 4.78 is 0.865. The molecule has 0 aliphatic carbocycles. The van der Waals surface area contributed by atoms with Crippen molar-refractivity contribution < 1.29 is 4.79 Å². The third-order valence-electron chi connectivity index (χ3n) is 2.79. The van der Waals surface area contributed by atoms with E-state index in [1.54, 1.807) is 36.4 Å². The van der Waals surface area contributed by atoms with Crippen molar-refractivity contribution >= 4 is 61.5 Å². The molecule has 0 atom stereocenters. The summed E-state index contributed by atoms with van der Waals surface area (Å²) in [4.78, 5) is 16.4. The van der Waals surface area contributed by atoms with Crippen molar-refractivity contribution in [1.82, 2.24) is 4.98 Å². The van der Waals surface area contributed by atoms with Gasteiger partial charge in [-0.05, 0) is 36.4 Å². The van der Waals surface area contributed by atoms with Crippen LogP contribution >= 0.6 is 34.5 Å². The molecule has 0 fully saturated rings. The third kappa shape index (κ3) is 3.10. The molecule has 7 heteroatoms. The number of aromatic nitrogens is 1. The van der Waals surface area contributed by atoms with Crippen LogP contribution in [0.5, 0.6) is 0 Å². The Morgan fingerprint density at radius 3 is 2.57 bits per heavy atom. The maximum atomic E-state index is 12.2. The van der Waals surface area contributed by atoms with Crippen LogP contribution in [-0.2, 0) is 0 Å². The third-order valence-corrected chi connectivity index (χ3v) is 4.07. The van der Waals surface area contributed by atoms with E-state index in [4.69, 9.17) is 28.9 Å². The fraction of sp³-hybridized carbons (Fsp3) is 0. The summed E-state index contributed by atoms with van der Waals surface area (Å²) in [6, 6.07) is 10.1. The molecule has 0 saturated carbocycles. The van der Waals surface area contributed by atoms with Crippen LogP contribution in [0.15, 0.2) is 36.4 Å². The van der Waals surface area contributed by atoms with Crippen molar-refractivity contribution in [1.29, 1.82) is 0 Å². The Morgan fingerprint density at radius 1 is 1.14 bits per heavy atom. The number of nitrogens with one attached hydrogen (secondary N) is 1. The van der Waals surface area contributed by atoms with E-state index >= 15 is 0 Å². The second kappa shape index (κ2) is 5.52. The summed E-state index contributed by atoms with van der Waals surface area (Å²) >= 11 is 13.1. The molecule has 0 radical (unpaired) electrons. The molecule has 0 unspecified atom stereocenters. The molecular weight excluding hydrogens is 329 g/mol. The van der Waals surface area contributed by atoms with E-state index in [-0.39, 0.29) is 5.91 Å². The number of nitrogen functional groups attached to an aromatic ring is 1. The van der Waals surface area contributed by atoms with Crippen molar-refractivity contribution in [3.63, 3.8) is 0 Å². The van der Waals surface area contributed by atoms with E-state index in [1.807, 2.05) is 0 Å². The van der Waals surface area contributed by atoms with E-state index in [1.165, 1.54) is 11.3 Å². The lowest BCUT2D eigenvalue weighted by molar-refractivity contribution is 0.102. The Balaban J connectivity index is 1.89. The van der Waals surface area contributed by atoms with Crippen molar-refractivity contribution in [3.05, 3.63) is 52.0 Å². The Bertz CT molecular complexity index is 827. The lowest BCUT2D eigenvalue weighted by Gasteiger charge is -2.06. The summed E-state index contributed by atoms with van der Waals surface area (Å²) in [7, 11) is 0. The van der Waals surface area contributed by atoms with Gasteiger partial charge in [-0.2, -0.15) is 0 Å². The van der Waals surface area contributed by atoms with Crippen LogP contribution in [0.3, 0.4) is 0 Å². The number of thiazole rings is 1. The Hall–Kier alpha value is -1.82. The second-order valence-electron chi connectivity index (χ2n) is 4.35. The Morgan fingerprint density at radius 2 is 1.86 bits per heavy atom. The van der Waals surface area contributed by atoms with Crippen LogP contribution in [0.4, 0.5) is 10.8 Å². The van der Waals surface area contributed by atoms with E-state index in [0.29, 0.717) is 26.4 Å². The SMILES string of the molecule is Nc1nc2ccc(C(=O)Nc3cc(Cl)cc(Cl)c3)cc2s1. The highest BCUT2D eigenvalue weighted by Gasteiger charge is 2.10. The van der Waals surface area contributed by atoms with Gasteiger partial charge < -0.3 is 11.1 Å². The summed E-state index contributed by atoms with van der Waals surface area (Å²) in [5.41, 5.74) is 7.49. The van der Waals surface area contributed by atoms with Gasteiger partial charge >= 0.3 is 0 Å². The molecule has 0 aliphatic rings. The topological polar surface area (TPSA) is 68.0 Å². The Kier molecular flexibility index (Phi) is 3.71. The molecule has 1 amide bonds. The van der Waals surface area contributed by atoms with Gasteiger partial charge in [0.1, 0.15) is 0 Å². The lowest BCUT2D eigenvalue weighted by Crippen LogP contribution is -2.11. The van der Waals surface area contributed by atoms with Gasteiger partial charge in [0.25, 0.3) is 5.91 Å². The molecule has 21 heavy (non-hydrogen) atoms. The van der Waals surface area contributed by atoms with Crippen molar-refractivity contribution in [2.45, 2.75) is 0 Å². The standard InChI is InChI=1S/C14H9Cl2N3OS/c15-8-4-9(16)6-10(5-8)18-13(20)7-1-2-11-12(3-7)21-14(17)19-11/h1-6H,(H2,17,19)(H,18,20).